The minimum absolute atomic E-state index is 0.344. The van der Waals surface area contributed by atoms with Gasteiger partial charge in [-0.15, -0.1) is 6.58 Å². The van der Waals surface area contributed by atoms with E-state index in [-0.39, 0.29) is 5.91 Å². The number of anilines is 1. The number of aromatic nitrogens is 1. The topological polar surface area (TPSA) is 56.3 Å². The van der Waals surface area contributed by atoms with Crippen LogP contribution in [-0.2, 0) is 10.4 Å². The summed E-state index contributed by atoms with van der Waals surface area (Å²) < 4.78 is 0. The minimum atomic E-state index is -1.68. The Bertz CT molecular complexity index is 928. The number of fused-ring (bicyclic) bond motifs is 2. The number of aromatic amines is 1. The normalized spacial score (nSPS) is 20.0. The zero-order valence-electron chi connectivity index (χ0n) is 12.5. The Morgan fingerprint density at radius 2 is 1.87 bits per heavy atom. The molecular formula is C19H16N2O2. The molecule has 0 spiro atoms. The van der Waals surface area contributed by atoms with Crippen molar-refractivity contribution in [2.24, 2.45) is 0 Å². The molecule has 2 N–H and O–H groups in total. The van der Waals surface area contributed by atoms with Crippen LogP contribution in [0.1, 0.15) is 11.1 Å². The molecule has 0 saturated carbocycles. The van der Waals surface area contributed by atoms with Crippen LogP contribution in [0.4, 0.5) is 5.69 Å². The summed E-state index contributed by atoms with van der Waals surface area (Å²) in [6.45, 7) is 4.07. The molecule has 1 aliphatic heterocycles. The van der Waals surface area contributed by atoms with E-state index in [0.29, 0.717) is 17.7 Å². The molecule has 0 aliphatic carbocycles. The fraction of sp³-hybridized carbons (Fsp3) is 0.105. The van der Waals surface area contributed by atoms with Gasteiger partial charge in [-0.3, -0.25) is 4.79 Å². The maximum Gasteiger partial charge on any atom is 0.268 e. The Morgan fingerprint density at radius 1 is 1.13 bits per heavy atom. The van der Waals surface area contributed by atoms with Crippen LogP contribution in [-0.4, -0.2) is 22.5 Å². The lowest BCUT2D eigenvalue weighted by molar-refractivity contribution is -0.131. The molecule has 2 aromatic carbocycles. The van der Waals surface area contributed by atoms with E-state index in [9.17, 15) is 9.90 Å². The number of benzene rings is 2. The highest BCUT2D eigenvalue weighted by Gasteiger charge is 2.51. The molecular weight excluding hydrogens is 288 g/mol. The number of H-pyrrole nitrogens is 1. The van der Waals surface area contributed by atoms with Gasteiger partial charge in [0.2, 0.25) is 0 Å². The monoisotopic (exact) mass is 304 g/mol. The summed E-state index contributed by atoms with van der Waals surface area (Å²) in [5.74, 6) is -0.344. The largest absolute Gasteiger partial charge is 0.372 e. The second-order valence-corrected chi connectivity index (χ2v) is 5.68. The van der Waals surface area contributed by atoms with Crippen LogP contribution in [0, 0.1) is 0 Å². The molecule has 1 amide bonds. The first-order valence-electron chi connectivity index (χ1n) is 7.49. The Kier molecular flexibility index (Phi) is 2.89. The third-order valence-electron chi connectivity index (χ3n) is 4.43. The van der Waals surface area contributed by atoms with Gasteiger partial charge in [-0.2, -0.15) is 0 Å². The first-order chi connectivity index (χ1) is 11.2. The van der Waals surface area contributed by atoms with E-state index < -0.39 is 5.60 Å². The van der Waals surface area contributed by atoms with Gasteiger partial charge in [0.25, 0.3) is 5.91 Å². The third-order valence-corrected chi connectivity index (χ3v) is 4.43. The lowest BCUT2D eigenvalue weighted by atomic mass is 9.87. The highest BCUT2D eigenvalue weighted by atomic mass is 16.3. The minimum Gasteiger partial charge on any atom is -0.372 e. The number of amides is 1. The van der Waals surface area contributed by atoms with Gasteiger partial charge in [-0.25, -0.2) is 0 Å². The predicted molar refractivity (Wildman–Crippen MR) is 90.3 cm³/mol. The molecule has 1 atom stereocenters. The number of nitrogens with zero attached hydrogens (tertiary/aromatic N) is 1. The number of carbonyl (C=O) groups is 1. The van der Waals surface area contributed by atoms with Crippen molar-refractivity contribution in [1.82, 2.24) is 4.98 Å². The summed E-state index contributed by atoms with van der Waals surface area (Å²) in [5, 5.41) is 12.3. The molecule has 4 rings (SSSR count). The Balaban J connectivity index is 2.00. The van der Waals surface area contributed by atoms with Gasteiger partial charge in [-0.05, 0) is 12.1 Å². The molecule has 0 unspecified atom stereocenters. The standard InChI is InChI=1S/C19H16N2O2/c1-2-11-21-17-10-6-4-8-14(17)19(23,18(21)22)15-12-20-16-9-5-3-7-13(15)16/h2-10,12,20,23H,1,11H2/t19-/m1/s1. The number of para-hydroxylation sites is 2. The molecule has 4 heteroatoms. The van der Waals surface area contributed by atoms with Crippen LogP contribution in [0.25, 0.3) is 10.9 Å². The molecule has 0 fully saturated rings. The molecule has 0 saturated heterocycles. The molecule has 2 heterocycles. The van der Waals surface area contributed by atoms with Gasteiger partial charge < -0.3 is 15.0 Å². The number of hydrogen-bond acceptors (Lipinski definition) is 2. The van der Waals surface area contributed by atoms with E-state index in [2.05, 4.69) is 11.6 Å². The van der Waals surface area contributed by atoms with Crippen LogP contribution in [0.5, 0.6) is 0 Å². The third kappa shape index (κ3) is 1.72. The average Bonchev–Trinajstić information content (AvgIpc) is 3.10. The average molecular weight is 304 g/mol. The van der Waals surface area contributed by atoms with Crippen LogP contribution in [0.3, 0.4) is 0 Å². The summed E-state index contributed by atoms with van der Waals surface area (Å²) >= 11 is 0. The molecule has 114 valence electrons. The predicted octanol–water partition coefficient (Wildman–Crippen LogP) is 2.94. The fourth-order valence-corrected chi connectivity index (χ4v) is 3.38. The smallest absolute Gasteiger partial charge is 0.268 e. The summed E-state index contributed by atoms with van der Waals surface area (Å²) in [6, 6.07) is 15.0. The van der Waals surface area contributed by atoms with Crippen LogP contribution < -0.4 is 4.90 Å². The quantitative estimate of drug-likeness (QED) is 0.731. The van der Waals surface area contributed by atoms with Gasteiger partial charge in [0.15, 0.2) is 5.60 Å². The maximum absolute atomic E-state index is 13.0. The highest BCUT2D eigenvalue weighted by molar-refractivity contribution is 6.11. The van der Waals surface area contributed by atoms with Crippen molar-refractivity contribution in [3.05, 3.63) is 78.5 Å². The molecule has 1 aliphatic rings. The van der Waals surface area contributed by atoms with Crippen molar-refractivity contribution in [2.45, 2.75) is 5.60 Å². The number of aliphatic hydroxyl groups is 1. The summed E-state index contributed by atoms with van der Waals surface area (Å²) in [6.07, 6.45) is 3.38. The lowest BCUT2D eigenvalue weighted by Gasteiger charge is -2.22. The van der Waals surface area contributed by atoms with Crippen molar-refractivity contribution < 1.29 is 9.90 Å². The van der Waals surface area contributed by atoms with E-state index in [1.807, 2.05) is 42.5 Å². The van der Waals surface area contributed by atoms with Gasteiger partial charge in [0.1, 0.15) is 0 Å². The van der Waals surface area contributed by atoms with E-state index in [1.165, 1.54) is 0 Å². The van der Waals surface area contributed by atoms with Crippen molar-refractivity contribution >= 4 is 22.5 Å². The van der Waals surface area contributed by atoms with E-state index in [1.54, 1.807) is 23.2 Å². The number of hydrogen-bond donors (Lipinski definition) is 2. The number of carbonyl (C=O) groups excluding carboxylic acids is 1. The first-order valence-corrected chi connectivity index (χ1v) is 7.49. The second kappa shape index (κ2) is 4.83. The highest BCUT2D eigenvalue weighted by Crippen LogP contribution is 2.46. The van der Waals surface area contributed by atoms with E-state index in [4.69, 9.17) is 0 Å². The molecule has 23 heavy (non-hydrogen) atoms. The van der Waals surface area contributed by atoms with E-state index >= 15 is 0 Å². The van der Waals surface area contributed by atoms with Crippen molar-refractivity contribution in [1.29, 1.82) is 0 Å². The molecule has 0 radical (unpaired) electrons. The first kappa shape index (κ1) is 13.8. The number of rotatable bonds is 3. The SMILES string of the molecule is C=CCN1C(=O)[C@](O)(c2c[nH]c3ccccc23)c2ccccc21. The second-order valence-electron chi connectivity index (χ2n) is 5.68. The molecule has 1 aromatic heterocycles. The maximum atomic E-state index is 13.0. The molecule has 3 aromatic rings. The zero-order valence-corrected chi connectivity index (χ0v) is 12.5. The number of nitrogens with one attached hydrogen (secondary N) is 1. The Labute approximate surface area is 133 Å². The van der Waals surface area contributed by atoms with Gasteiger partial charge in [-0.1, -0.05) is 42.5 Å². The van der Waals surface area contributed by atoms with Gasteiger partial charge >= 0.3 is 0 Å². The summed E-state index contributed by atoms with van der Waals surface area (Å²) in [4.78, 5) is 17.7. The lowest BCUT2D eigenvalue weighted by Crippen LogP contribution is -2.41. The zero-order chi connectivity index (χ0) is 16.0. The van der Waals surface area contributed by atoms with Crippen molar-refractivity contribution in [3.63, 3.8) is 0 Å². The van der Waals surface area contributed by atoms with Crippen molar-refractivity contribution in [3.8, 4) is 0 Å². The molecule has 4 nitrogen and oxygen atoms in total. The summed E-state index contributed by atoms with van der Waals surface area (Å²) in [5.41, 5.74) is 1.13. The van der Waals surface area contributed by atoms with Gasteiger partial charge in [0.05, 0.1) is 5.69 Å². The van der Waals surface area contributed by atoms with Crippen molar-refractivity contribution in [2.75, 3.05) is 11.4 Å². The van der Waals surface area contributed by atoms with E-state index in [0.717, 1.165) is 16.6 Å². The molecule has 0 bridgehead atoms. The fourth-order valence-electron chi connectivity index (χ4n) is 3.38. The Hall–Kier alpha value is -2.85. The van der Waals surface area contributed by atoms with Crippen LogP contribution >= 0.6 is 0 Å². The summed E-state index contributed by atoms with van der Waals surface area (Å²) in [7, 11) is 0. The van der Waals surface area contributed by atoms with Crippen LogP contribution in [0.15, 0.2) is 67.4 Å². The van der Waals surface area contributed by atoms with Gasteiger partial charge in [0, 0.05) is 34.8 Å². The van der Waals surface area contributed by atoms with Crippen LogP contribution in [0.2, 0.25) is 0 Å². The Morgan fingerprint density at radius 3 is 2.70 bits per heavy atom.